The summed E-state index contributed by atoms with van der Waals surface area (Å²) in [5, 5.41) is 0. The molecule has 0 unspecified atom stereocenters. The summed E-state index contributed by atoms with van der Waals surface area (Å²) in [6, 6.07) is 12.2. The van der Waals surface area contributed by atoms with Crippen LogP contribution < -0.4 is 5.56 Å². The Morgan fingerprint density at radius 3 is 2.29 bits per heavy atom. The van der Waals surface area contributed by atoms with Crippen molar-refractivity contribution in [3.8, 4) is 0 Å². The lowest BCUT2D eigenvalue weighted by molar-refractivity contribution is 0.202. The molecule has 1 aromatic carbocycles. The van der Waals surface area contributed by atoms with Crippen LogP contribution in [0, 0.1) is 6.92 Å². The van der Waals surface area contributed by atoms with Gasteiger partial charge in [0.05, 0.1) is 0 Å². The summed E-state index contributed by atoms with van der Waals surface area (Å²) in [7, 11) is 1.82. The van der Waals surface area contributed by atoms with Crippen molar-refractivity contribution in [2.75, 3.05) is 26.7 Å². The Morgan fingerprint density at radius 2 is 1.75 bits per heavy atom. The van der Waals surface area contributed by atoms with Crippen molar-refractivity contribution in [2.45, 2.75) is 33.1 Å². The summed E-state index contributed by atoms with van der Waals surface area (Å²) in [6.45, 7) is 10.3. The second kappa shape index (κ2) is 7.66. The Kier molecular flexibility index (Phi) is 5.45. The number of aromatic nitrogens is 1. The molecule has 1 aliphatic heterocycles. The molecule has 1 saturated heterocycles. The lowest BCUT2D eigenvalue weighted by atomic mass is 9.86. The normalized spacial score (nSPS) is 15.5. The molecule has 28 heavy (non-hydrogen) atoms. The number of benzene rings is 1. The van der Waals surface area contributed by atoms with E-state index in [0.29, 0.717) is 18.7 Å². The van der Waals surface area contributed by atoms with Crippen LogP contribution >= 0.6 is 0 Å². The first-order chi connectivity index (χ1) is 13.2. The molecule has 1 fully saturated rings. The highest BCUT2D eigenvalue weighted by atomic mass is 16.2. The van der Waals surface area contributed by atoms with Crippen molar-refractivity contribution in [3.05, 3.63) is 75.2 Å². The number of pyridine rings is 1. The summed E-state index contributed by atoms with van der Waals surface area (Å²) in [5.74, 6) is 0. The Labute approximate surface area is 166 Å². The summed E-state index contributed by atoms with van der Waals surface area (Å²) >= 11 is 0. The van der Waals surface area contributed by atoms with Crippen molar-refractivity contribution < 1.29 is 4.79 Å². The van der Waals surface area contributed by atoms with E-state index in [9.17, 15) is 9.59 Å². The number of aryl methyl sites for hydroxylation is 1. The fraction of sp³-hybridized carbons (Fsp3) is 0.391. The number of aromatic amines is 1. The Morgan fingerprint density at radius 1 is 1.07 bits per heavy atom. The monoisotopic (exact) mass is 379 g/mol. The van der Waals surface area contributed by atoms with E-state index in [-0.39, 0.29) is 17.0 Å². The van der Waals surface area contributed by atoms with Crippen LogP contribution in [0.5, 0.6) is 0 Å². The standard InChI is InChI=1S/C23H29N3O2/c1-16-6-11-20(24-21(16)27)19(12-13-26-15-14-25(5)22(26)28)17-7-9-18(10-8-17)23(2,3)4/h6-12H,13-15H2,1-5H3,(H,24,27)/b19-12+. The number of likely N-dealkylation sites (N-methyl/N-ethyl adjacent to an activating group) is 1. The number of nitrogens with one attached hydrogen (secondary N) is 1. The predicted molar refractivity (Wildman–Crippen MR) is 114 cm³/mol. The minimum Gasteiger partial charge on any atom is -0.326 e. The van der Waals surface area contributed by atoms with E-state index in [4.69, 9.17) is 0 Å². The molecule has 2 amide bonds. The molecule has 0 radical (unpaired) electrons. The van der Waals surface area contributed by atoms with Gasteiger partial charge >= 0.3 is 6.03 Å². The van der Waals surface area contributed by atoms with Crippen molar-refractivity contribution in [1.82, 2.24) is 14.8 Å². The van der Waals surface area contributed by atoms with Gasteiger partial charge in [-0.25, -0.2) is 4.79 Å². The third kappa shape index (κ3) is 4.19. The van der Waals surface area contributed by atoms with Crippen LogP contribution in [0.3, 0.4) is 0 Å². The van der Waals surface area contributed by atoms with Gasteiger partial charge in [-0.2, -0.15) is 0 Å². The largest absolute Gasteiger partial charge is 0.326 e. The van der Waals surface area contributed by atoms with E-state index in [1.54, 1.807) is 11.8 Å². The number of urea groups is 1. The first-order valence-corrected chi connectivity index (χ1v) is 9.68. The first kappa shape index (κ1) is 19.9. The highest BCUT2D eigenvalue weighted by Crippen LogP contribution is 2.27. The number of carbonyl (C=O) groups excluding carboxylic acids is 1. The number of hydrogen-bond donors (Lipinski definition) is 1. The molecule has 2 heterocycles. The van der Waals surface area contributed by atoms with Gasteiger partial charge in [-0.15, -0.1) is 0 Å². The molecule has 2 aromatic rings. The molecule has 0 atom stereocenters. The molecular formula is C23H29N3O2. The smallest absolute Gasteiger partial charge is 0.320 e. The van der Waals surface area contributed by atoms with E-state index in [0.717, 1.165) is 23.4 Å². The molecule has 0 bridgehead atoms. The van der Waals surface area contributed by atoms with Crippen molar-refractivity contribution in [3.63, 3.8) is 0 Å². The quantitative estimate of drug-likeness (QED) is 0.879. The van der Waals surface area contributed by atoms with Crippen LogP contribution in [0.2, 0.25) is 0 Å². The van der Waals surface area contributed by atoms with Crippen molar-refractivity contribution in [2.24, 2.45) is 0 Å². The molecule has 5 nitrogen and oxygen atoms in total. The second-order valence-electron chi connectivity index (χ2n) is 8.48. The first-order valence-electron chi connectivity index (χ1n) is 9.68. The lowest BCUT2D eigenvalue weighted by Crippen LogP contribution is -2.29. The third-order valence-corrected chi connectivity index (χ3v) is 5.28. The zero-order chi connectivity index (χ0) is 20.5. The highest BCUT2D eigenvalue weighted by molar-refractivity contribution is 5.80. The van der Waals surface area contributed by atoms with Gasteiger partial charge in [0.1, 0.15) is 0 Å². The van der Waals surface area contributed by atoms with E-state index >= 15 is 0 Å². The highest BCUT2D eigenvalue weighted by Gasteiger charge is 2.24. The van der Waals surface area contributed by atoms with Gasteiger partial charge < -0.3 is 14.8 Å². The number of nitrogens with zero attached hydrogens (tertiary/aromatic N) is 2. The van der Waals surface area contributed by atoms with Crippen molar-refractivity contribution in [1.29, 1.82) is 0 Å². The summed E-state index contributed by atoms with van der Waals surface area (Å²) in [5.41, 5.74) is 4.64. The van der Waals surface area contributed by atoms with Gasteiger partial charge in [0.2, 0.25) is 0 Å². The van der Waals surface area contributed by atoms with Crippen LogP contribution in [0.15, 0.2) is 47.3 Å². The Bertz CT molecular complexity index is 949. The van der Waals surface area contributed by atoms with Crippen LogP contribution in [-0.2, 0) is 5.41 Å². The summed E-state index contributed by atoms with van der Waals surface area (Å²) in [4.78, 5) is 30.9. The number of carbonyl (C=O) groups is 1. The van der Waals surface area contributed by atoms with Gasteiger partial charge in [0.25, 0.3) is 5.56 Å². The average Bonchev–Trinajstić information content (AvgIpc) is 2.96. The molecule has 3 rings (SSSR count). The number of rotatable bonds is 4. The molecule has 1 aliphatic rings. The molecule has 1 aromatic heterocycles. The molecule has 5 heteroatoms. The molecule has 148 valence electrons. The SMILES string of the molecule is Cc1ccc(/C(=C/CN2CCN(C)C2=O)c2ccc(C(C)(C)C)cc2)[nH]c1=O. The van der Waals surface area contributed by atoms with Gasteiger partial charge in [0, 0.05) is 43.5 Å². The summed E-state index contributed by atoms with van der Waals surface area (Å²) < 4.78 is 0. The van der Waals surface area contributed by atoms with E-state index in [1.807, 2.05) is 30.2 Å². The third-order valence-electron chi connectivity index (χ3n) is 5.28. The second-order valence-corrected chi connectivity index (χ2v) is 8.48. The molecule has 1 N–H and O–H groups in total. The van der Waals surface area contributed by atoms with Crippen LogP contribution in [0.25, 0.3) is 5.57 Å². The topological polar surface area (TPSA) is 56.4 Å². The van der Waals surface area contributed by atoms with Gasteiger partial charge in [0.15, 0.2) is 0 Å². The van der Waals surface area contributed by atoms with E-state index in [1.165, 1.54) is 5.56 Å². The maximum atomic E-state index is 12.2. The number of hydrogen-bond acceptors (Lipinski definition) is 2. The predicted octanol–water partition coefficient (Wildman–Crippen LogP) is 3.78. The maximum absolute atomic E-state index is 12.2. The Balaban J connectivity index is 1.99. The van der Waals surface area contributed by atoms with Crippen LogP contribution in [0.4, 0.5) is 4.79 Å². The summed E-state index contributed by atoms with van der Waals surface area (Å²) in [6.07, 6.45) is 2.03. The van der Waals surface area contributed by atoms with Gasteiger partial charge in [-0.1, -0.05) is 57.2 Å². The molecule has 0 spiro atoms. The lowest BCUT2D eigenvalue weighted by Gasteiger charge is -2.20. The van der Waals surface area contributed by atoms with Crippen LogP contribution in [-0.4, -0.2) is 47.5 Å². The minimum atomic E-state index is -0.0910. The Hall–Kier alpha value is -2.82. The van der Waals surface area contributed by atoms with E-state index < -0.39 is 0 Å². The number of H-pyrrole nitrogens is 1. The fourth-order valence-electron chi connectivity index (χ4n) is 3.31. The van der Waals surface area contributed by atoms with E-state index in [2.05, 4.69) is 50.0 Å². The molecule has 0 aliphatic carbocycles. The minimum absolute atomic E-state index is 0.0380. The zero-order valence-electron chi connectivity index (χ0n) is 17.4. The average molecular weight is 380 g/mol. The van der Waals surface area contributed by atoms with Crippen LogP contribution in [0.1, 0.15) is 43.2 Å². The fourth-order valence-corrected chi connectivity index (χ4v) is 3.31. The van der Waals surface area contributed by atoms with Gasteiger partial charge in [-0.05, 0) is 29.5 Å². The molecule has 0 saturated carbocycles. The molecular weight excluding hydrogens is 350 g/mol. The number of amides is 2. The zero-order valence-corrected chi connectivity index (χ0v) is 17.4. The maximum Gasteiger partial charge on any atom is 0.320 e. The van der Waals surface area contributed by atoms with Crippen molar-refractivity contribution >= 4 is 11.6 Å². The van der Waals surface area contributed by atoms with Gasteiger partial charge in [-0.3, -0.25) is 4.79 Å².